The first-order chi connectivity index (χ1) is 15.8. The summed E-state index contributed by atoms with van der Waals surface area (Å²) in [4.78, 5) is 41.5. The third-order valence-corrected chi connectivity index (χ3v) is 5.50. The number of pyridine rings is 1. The summed E-state index contributed by atoms with van der Waals surface area (Å²) in [6.07, 6.45) is 5.65. The van der Waals surface area contributed by atoms with Crippen molar-refractivity contribution in [2.24, 2.45) is 0 Å². The number of carbonyl (C=O) groups excluding carboxylic acids is 3. The number of nitrogens with zero attached hydrogens (tertiary/aromatic N) is 3. The standard InChI is InChI=1S/C23H19F2N5O3/c24-23(25)8-17(9-26)30(13-23)20(31)12-29-22(33)19-5-6-27-10-15(19)3-1-14-2-4-18-16(7-14)11-28-21(18)32/h1-7,10,17H,8,11-13H2,(H,28,32)(H,29,33). The largest absolute Gasteiger partial charge is 0.348 e. The van der Waals surface area contributed by atoms with Crippen molar-refractivity contribution in [2.75, 3.05) is 13.1 Å². The second-order valence-corrected chi connectivity index (χ2v) is 7.80. The van der Waals surface area contributed by atoms with Crippen molar-refractivity contribution in [1.82, 2.24) is 20.5 Å². The lowest BCUT2D eigenvalue weighted by atomic mass is 10.0. The van der Waals surface area contributed by atoms with E-state index in [0.717, 1.165) is 16.0 Å². The first-order valence-corrected chi connectivity index (χ1v) is 10.2. The molecule has 0 spiro atoms. The van der Waals surface area contributed by atoms with Crippen LogP contribution in [0.5, 0.6) is 0 Å². The van der Waals surface area contributed by atoms with Crippen LogP contribution in [0.2, 0.25) is 0 Å². The Kier molecular flexibility index (Phi) is 5.87. The highest BCUT2D eigenvalue weighted by molar-refractivity contribution is 6.00. The van der Waals surface area contributed by atoms with Gasteiger partial charge in [-0.25, -0.2) is 8.78 Å². The second-order valence-electron chi connectivity index (χ2n) is 7.80. The number of amides is 3. The van der Waals surface area contributed by atoms with E-state index in [1.54, 1.807) is 30.4 Å². The second kappa shape index (κ2) is 8.78. The maximum absolute atomic E-state index is 13.6. The van der Waals surface area contributed by atoms with E-state index in [-0.39, 0.29) is 11.5 Å². The molecule has 0 radical (unpaired) electrons. The summed E-state index contributed by atoms with van der Waals surface area (Å²) in [6, 6.07) is 7.35. The molecule has 2 aliphatic rings. The summed E-state index contributed by atoms with van der Waals surface area (Å²) in [5.41, 5.74) is 3.07. The Morgan fingerprint density at radius 1 is 1.33 bits per heavy atom. The molecule has 33 heavy (non-hydrogen) atoms. The van der Waals surface area contributed by atoms with E-state index in [1.165, 1.54) is 18.5 Å². The first kappa shape index (κ1) is 22.1. The van der Waals surface area contributed by atoms with E-state index in [9.17, 15) is 23.2 Å². The monoisotopic (exact) mass is 451 g/mol. The highest BCUT2D eigenvalue weighted by Crippen LogP contribution is 2.31. The van der Waals surface area contributed by atoms with Crippen molar-refractivity contribution in [2.45, 2.75) is 24.9 Å². The Labute approximate surface area is 187 Å². The molecular formula is C23H19F2N5O3. The number of rotatable bonds is 5. The summed E-state index contributed by atoms with van der Waals surface area (Å²) in [5, 5.41) is 14.2. The number of nitrogens with one attached hydrogen (secondary N) is 2. The molecule has 1 saturated heterocycles. The Morgan fingerprint density at radius 3 is 2.94 bits per heavy atom. The van der Waals surface area contributed by atoms with E-state index < -0.39 is 43.3 Å². The number of halogens is 2. The van der Waals surface area contributed by atoms with Crippen molar-refractivity contribution in [3.63, 3.8) is 0 Å². The van der Waals surface area contributed by atoms with Crippen LogP contribution < -0.4 is 10.6 Å². The minimum Gasteiger partial charge on any atom is -0.348 e. The van der Waals surface area contributed by atoms with Gasteiger partial charge < -0.3 is 15.5 Å². The summed E-state index contributed by atoms with van der Waals surface area (Å²) in [5.74, 6) is -4.56. The molecule has 1 aromatic heterocycles. The molecule has 8 nitrogen and oxygen atoms in total. The molecule has 2 aromatic rings. The molecule has 3 amide bonds. The number of hydrogen-bond donors (Lipinski definition) is 2. The quantitative estimate of drug-likeness (QED) is 0.722. The number of nitriles is 1. The Balaban J connectivity index is 1.43. The number of aromatic nitrogens is 1. The molecule has 10 heteroatoms. The van der Waals surface area contributed by atoms with Gasteiger partial charge in [-0.2, -0.15) is 5.26 Å². The Bertz CT molecular complexity index is 1200. The van der Waals surface area contributed by atoms with Crippen LogP contribution in [0, 0.1) is 11.3 Å². The molecule has 3 heterocycles. The van der Waals surface area contributed by atoms with Crippen molar-refractivity contribution in [1.29, 1.82) is 5.26 Å². The number of likely N-dealkylation sites (tertiary alicyclic amines) is 1. The van der Waals surface area contributed by atoms with Crippen LogP contribution in [-0.2, 0) is 11.3 Å². The molecule has 2 N–H and O–H groups in total. The topological polar surface area (TPSA) is 115 Å². The zero-order valence-electron chi connectivity index (χ0n) is 17.3. The lowest BCUT2D eigenvalue weighted by Crippen LogP contribution is -2.43. The lowest BCUT2D eigenvalue weighted by Gasteiger charge is -2.19. The van der Waals surface area contributed by atoms with Crippen molar-refractivity contribution in [3.8, 4) is 6.07 Å². The summed E-state index contributed by atoms with van der Waals surface area (Å²) in [6.45, 7) is -0.893. The van der Waals surface area contributed by atoms with Gasteiger partial charge in [0.2, 0.25) is 5.91 Å². The van der Waals surface area contributed by atoms with Crippen LogP contribution >= 0.6 is 0 Å². The van der Waals surface area contributed by atoms with E-state index in [2.05, 4.69) is 15.6 Å². The van der Waals surface area contributed by atoms with Crippen LogP contribution in [0.4, 0.5) is 8.78 Å². The predicted molar refractivity (Wildman–Crippen MR) is 114 cm³/mol. The van der Waals surface area contributed by atoms with Crippen LogP contribution in [0.3, 0.4) is 0 Å². The van der Waals surface area contributed by atoms with Crippen molar-refractivity contribution in [3.05, 3.63) is 64.5 Å². The third-order valence-electron chi connectivity index (χ3n) is 5.50. The van der Waals surface area contributed by atoms with E-state index in [1.807, 2.05) is 6.07 Å². The Hall–Kier alpha value is -4.13. The van der Waals surface area contributed by atoms with Crippen LogP contribution in [0.15, 0.2) is 36.7 Å². The molecule has 2 aliphatic heterocycles. The average Bonchev–Trinajstić information content (AvgIpc) is 3.34. The summed E-state index contributed by atoms with van der Waals surface area (Å²) >= 11 is 0. The maximum atomic E-state index is 13.6. The van der Waals surface area contributed by atoms with E-state index in [4.69, 9.17) is 5.26 Å². The molecule has 1 fully saturated rings. The molecule has 1 unspecified atom stereocenters. The Morgan fingerprint density at radius 2 is 2.15 bits per heavy atom. The molecule has 168 valence electrons. The molecule has 0 saturated carbocycles. The van der Waals surface area contributed by atoms with Gasteiger partial charge in [-0.15, -0.1) is 0 Å². The van der Waals surface area contributed by atoms with Crippen LogP contribution in [-0.4, -0.2) is 52.7 Å². The minimum absolute atomic E-state index is 0.111. The minimum atomic E-state index is -3.12. The van der Waals surface area contributed by atoms with Crippen molar-refractivity contribution >= 4 is 29.9 Å². The van der Waals surface area contributed by atoms with E-state index >= 15 is 0 Å². The fraction of sp³-hybridized carbons (Fsp3) is 0.261. The lowest BCUT2D eigenvalue weighted by molar-refractivity contribution is -0.131. The highest BCUT2D eigenvalue weighted by Gasteiger charge is 2.47. The molecule has 1 atom stereocenters. The average molecular weight is 451 g/mol. The van der Waals surface area contributed by atoms with Gasteiger partial charge in [-0.3, -0.25) is 19.4 Å². The van der Waals surface area contributed by atoms with Crippen LogP contribution in [0.25, 0.3) is 12.2 Å². The number of fused-ring (bicyclic) bond motifs is 1. The molecular weight excluding hydrogens is 432 g/mol. The molecule has 0 aliphatic carbocycles. The fourth-order valence-corrected chi connectivity index (χ4v) is 3.84. The first-order valence-electron chi connectivity index (χ1n) is 10.2. The normalized spacial score (nSPS) is 18.6. The van der Waals surface area contributed by atoms with Gasteiger partial charge in [0, 0.05) is 42.0 Å². The number of carbonyl (C=O) groups is 3. The van der Waals surface area contributed by atoms with Gasteiger partial charge in [0.1, 0.15) is 6.04 Å². The highest BCUT2D eigenvalue weighted by atomic mass is 19.3. The number of hydrogen-bond acceptors (Lipinski definition) is 5. The zero-order chi connectivity index (χ0) is 23.6. The summed E-state index contributed by atoms with van der Waals surface area (Å²) in [7, 11) is 0. The van der Waals surface area contributed by atoms with Gasteiger partial charge in [0.05, 0.1) is 19.2 Å². The summed E-state index contributed by atoms with van der Waals surface area (Å²) < 4.78 is 27.1. The number of alkyl halides is 2. The van der Waals surface area contributed by atoms with Gasteiger partial charge in [-0.05, 0) is 29.3 Å². The molecule has 0 bridgehead atoms. The molecule has 1 aromatic carbocycles. The van der Waals surface area contributed by atoms with Gasteiger partial charge in [0.25, 0.3) is 17.7 Å². The van der Waals surface area contributed by atoms with Crippen LogP contribution in [0.1, 0.15) is 43.8 Å². The SMILES string of the molecule is N#CC1CC(F)(F)CN1C(=O)CNC(=O)c1ccncc1C=Cc1ccc2c(c1)CNC2=O. The van der Waals surface area contributed by atoms with Crippen molar-refractivity contribution < 1.29 is 23.2 Å². The molecule has 4 rings (SSSR count). The number of benzene rings is 1. The van der Waals surface area contributed by atoms with E-state index in [0.29, 0.717) is 17.7 Å². The maximum Gasteiger partial charge on any atom is 0.268 e. The van der Waals surface area contributed by atoms with Gasteiger partial charge >= 0.3 is 0 Å². The van der Waals surface area contributed by atoms with Gasteiger partial charge in [-0.1, -0.05) is 18.2 Å². The smallest absolute Gasteiger partial charge is 0.268 e. The predicted octanol–water partition coefficient (Wildman–Crippen LogP) is 1.98. The third kappa shape index (κ3) is 4.72. The fourth-order valence-electron chi connectivity index (χ4n) is 3.84. The zero-order valence-corrected chi connectivity index (χ0v) is 17.3. The van der Waals surface area contributed by atoms with Gasteiger partial charge in [0.15, 0.2) is 0 Å².